The van der Waals surface area contributed by atoms with Crippen molar-refractivity contribution in [1.82, 2.24) is 4.98 Å². The number of nitrogens with zero attached hydrogens (tertiary/aromatic N) is 2. The zero-order chi connectivity index (χ0) is 16.6. The van der Waals surface area contributed by atoms with Crippen LogP contribution >= 0.6 is 11.3 Å². The van der Waals surface area contributed by atoms with Crippen molar-refractivity contribution in [2.24, 2.45) is 0 Å². The summed E-state index contributed by atoms with van der Waals surface area (Å²) < 4.78 is 0. The molecule has 1 aliphatic rings. The zero-order valence-electron chi connectivity index (χ0n) is 13.4. The number of thiazole rings is 1. The number of aromatic nitrogens is 1. The topological polar surface area (TPSA) is 62.3 Å². The molecule has 1 aromatic heterocycles. The minimum Gasteiger partial charge on any atom is -0.309 e. The van der Waals surface area contributed by atoms with Crippen LogP contribution in [-0.4, -0.2) is 22.8 Å². The molecular weight excluding hydrogens is 310 g/mol. The third-order valence-corrected chi connectivity index (χ3v) is 4.71. The molecule has 0 bridgehead atoms. The van der Waals surface area contributed by atoms with E-state index in [9.17, 15) is 9.59 Å². The first kappa shape index (κ1) is 15.7. The molecule has 0 saturated carbocycles. The van der Waals surface area contributed by atoms with E-state index in [0.29, 0.717) is 11.6 Å². The Bertz CT molecular complexity index is 769. The smallest absolute Gasteiger partial charge is 0.226 e. The van der Waals surface area contributed by atoms with Gasteiger partial charge in [-0.05, 0) is 31.0 Å². The maximum atomic E-state index is 12.1. The SMILES string of the molecule is CCC(=O)N1c2ccc(-c3csc(NC(C)=O)n3)cc2C[C@H]1C. The highest BCUT2D eigenvalue weighted by atomic mass is 32.1. The number of rotatable bonds is 3. The molecule has 3 rings (SSSR count). The summed E-state index contributed by atoms with van der Waals surface area (Å²) in [5.41, 5.74) is 4.03. The molecule has 1 aliphatic heterocycles. The van der Waals surface area contributed by atoms with Gasteiger partial charge < -0.3 is 10.2 Å². The van der Waals surface area contributed by atoms with Crippen molar-refractivity contribution >= 4 is 34.0 Å². The molecule has 0 fully saturated rings. The highest BCUT2D eigenvalue weighted by Gasteiger charge is 2.30. The monoisotopic (exact) mass is 329 g/mol. The second-order valence-corrected chi connectivity index (χ2v) is 6.59. The lowest BCUT2D eigenvalue weighted by molar-refractivity contribution is -0.118. The van der Waals surface area contributed by atoms with E-state index >= 15 is 0 Å². The van der Waals surface area contributed by atoms with Crippen LogP contribution in [0, 0.1) is 0 Å². The Kier molecular flexibility index (Phi) is 4.17. The summed E-state index contributed by atoms with van der Waals surface area (Å²) in [6.45, 7) is 5.43. The van der Waals surface area contributed by atoms with Crippen LogP contribution in [0.5, 0.6) is 0 Å². The highest BCUT2D eigenvalue weighted by Crippen LogP contribution is 2.36. The fraction of sp³-hybridized carbons (Fsp3) is 0.353. The minimum absolute atomic E-state index is 0.123. The van der Waals surface area contributed by atoms with E-state index in [0.717, 1.165) is 23.4 Å². The van der Waals surface area contributed by atoms with Crippen molar-refractivity contribution in [2.75, 3.05) is 10.2 Å². The second-order valence-electron chi connectivity index (χ2n) is 5.73. The Morgan fingerprint density at radius 2 is 2.22 bits per heavy atom. The number of carbonyl (C=O) groups excluding carboxylic acids is 2. The molecule has 0 saturated heterocycles. The Balaban J connectivity index is 1.90. The molecule has 2 amide bonds. The molecule has 0 aliphatic carbocycles. The standard InChI is InChI=1S/C17H19N3O2S/c1-4-16(22)20-10(2)7-13-8-12(5-6-15(13)20)14-9-23-17(19-14)18-11(3)21/h5-6,8-10H,4,7H2,1-3H3,(H,18,19,21)/t10-/m1/s1. The maximum absolute atomic E-state index is 12.1. The summed E-state index contributed by atoms with van der Waals surface area (Å²) in [7, 11) is 0. The average molecular weight is 329 g/mol. The van der Waals surface area contributed by atoms with E-state index in [1.54, 1.807) is 0 Å². The number of fused-ring (bicyclic) bond motifs is 1. The van der Waals surface area contributed by atoms with Crippen LogP contribution in [0.1, 0.15) is 32.8 Å². The minimum atomic E-state index is -0.123. The summed E-state index contributed by atoms with van der Waals surface area (Å²) >= 11 is 1.41. The lowest BCUT2D eigenvalue weighted by Gasteiger charge is -2.22. The fourth-order valence-electron chi connectivity index (χ4n) is 2.96. The number of benzene rings is 1. The Morgan fingerprint density at radius 1 is 1.43 bits per heavy atom. The molecule has 2 heterocycles. The summed E-state index contributed by atoms with van der Waals surface area (Å²) in [6.07, 6.45) is 1.37. The van der Waals surface area contributed by atoms with Crippen molar-refractivity contribution in [3.63, 3.8) is 0 Å². The van der Waals surface area contributed by atoms with Crippen LogP contribution in [0.4, 0.5) is 10.8 Å². The second kappa shape index (κ2) is 6.12. The van der Waals surface area contributed by atoms with Gasteiger partial charge in [0.25, 0.3) is 0 Å². The molecule has 1 aromatic carbocycles. The normalized spacial score (nSPS) is 16.3. The van der Waals surface area contributed by atoms with Crippen LogP contribution in [-0.2, 0) is 16.0 Å². The van der Waals surface area contributed by atoms with E-state index in [-0.39, 0.29) is 17.9 Å². The molecule has 6 heteroatoms. The lowest BCUT2D eigenvalue weighted by Crippen LogP contribution is -2.35. The molecule has 120 valence electrons. The van der Waals surface area contributed by atoms with E-state index in [4.69, 9.17) is 0 Å². The molecule has 1 atom stereocenters. The van der Waals surface area contributed by atoms with Gasteiger partial charge in [0, 0.05) is 36.0 Å². The third kappa shape index (κ3) is 2.99. The first-order valence-electron chi connectivity index (χ1n) is 7.68. The molecule has 0 unspecified atom stereocenters. The van der Waals surface area contributed by atoms with Crippen LogP contribution in [0.2, 0.25) is 0 Å². The summed E-state index contributed by atoms with van der Waals surface area (Å²) in [5, 5.41) is 5.23. The number of hydrogen-bond donors (Lipinski definition) is 1. The first-order valence-corrected chi connectivity index (χ1v) is 8.56. The average Bonchev–Trinajstić information content (AvgIpc) is 3.08. The zero-order valence-corrected chi connectivity index (χ0v) is 14.2. The maximum Gasteiger partial charge on any atom is 0.226 e. The Labute approximate surface area is 139 Å². The molecule has 23 heavy (non-hydrogen) atoms. The van der Waals surface area contributed by atoms with E-state index in [2.05, 4.69) is 23.3 Å². The van der Waals surface area contributed by atoms with Gasteiger partial charge in [-0.3, -0.25) is 9.59 Å². The summed E-state index contributed by atoms with van der Waals surface area (Å²) in [4.78, 5) is 29.6. The van der Waals surface area contributed by atoms with Gasteiger partial charge in [-0.25, -0.2) is 4.98 Å². The predicted octanol–water partition coefficient (Wildman–Crippen LogP) is 3.46. The van der Waals surface area contributed by atoms with Gasteiger partial charge in [-0.2, -0.15) is 0 Å². The van der Waals surface area contributed by atoms with E-state index in [1.165, 1.54) is 23.8 Å². The van der Waals surface area contributed by atoms with Gasteiger partial charge >= 0.3 is 0 Å². The van der Waals surface area contributed by atoms with Gasteiger partial charge in [0.15, 0.2) is 5.13 Å². The van der Waals surface area contributed by atoms with Gasteiger partial charge in [0.2, 0.25) is 11.8 Å². The predicted molar refractivity (Wildman–Crippen MR) is 92.8 cm³/mol. The van der Waals surface area contributed by atoms with Crippen LogP contribution in [0.15, 0.2) is 23.6 Å². The first-order chi connectivity index (χ1) is 11.0. The summed E-state index contributed by atoms with van der Waals surface area (Å²) in [5.74, 6) is 0.0352. The molecule has 0 spiro atoms. The van der Waals surface area contributed by atoms with E-state index in [1.807, 2.05) is 29.3 Å². The van der Waals surface area contributed by atoms with Crippen LogP contribution in [0.3, 0.4) is 0 Å². The van der Waals surface area contributed by atoms with Gasteiger partial charge in [-0.1, -0.05) is 13.0 Å². The molecule has 1 N–H and O–H groups in total. The van der Waals surface area contributed by atoms with Crippen LogP contribution in [0.25, 0.3) is 11.3 Å². The third-order valence-electron chi connectivity index (χ3n) is 3.95. The van der Waals surface area contributed by atoms with Crippen molar-refractivity contribution in [1.29, 1.82) is 0 Å². The highest BCUT2D eigenvalue weighted by molar-refractivity contribution is 7.14. The van der Waals surface area contributed by atoms with Crippen molar-refractivity contribution in [3.8, 4) is 11.3 Å². The largest absolute Gasteiger partial charge is 0.309 e. The van der Waals surface area contributed by atoms with Gasteiger partial charge in [0.05, 0.1) is 5.69 Å². The Morgan fingerprint density at radius 3 is 2.91 bits per heavy atom. The number of amides is 2. The lowest BCUT2D eigenvalue weighted by atomic mass is 10.1. The quantitative estimate of drug-likeness (QED) is 0.938. The van der Waals surface area contributed by atoms with Crippen molar-refractivity contribution in [3.05, 3.63) is 29.1 Å². The van der Waals surface area contributed by atoms with E-state index < -0.39 is 0 Å². The van der Waals surface area contributed by atoms with Crippen molar-refractivity contribution < 1.29 is 9.59 Å². The Hall–Kier alpha value is -2.21. The van der Waals surface area contributed by atoms with Crippen molar-refractivity contribution in [2.45, 2.75) is 39.7 Å². The number of hydrogen-bond acceptors (Lipinski definition) is 4. The van der Waals surface area contributed by atoms with Crippen LogP contribution < -0.4 is 10.2 Å². The fourth-order valence-corrected chi connectivity index (χ4v) is 3.72. The number of nitrogens with one attached hydrogen (secondary N) is 1. The number of anilines is 2. The molecule has 5 nitrogen and oxygen atoms in total. The van der Waals surface area contributed by atoms with Gasteiger partial charge in [-0.15, -0.1) is 11.3 Å². The molecule has 2 aromatic rings. The molecular formula is C17H19N3O2S. The molecule has 0 radical (unpaired) electrons. The summed E-state index contributed by atoms with van der Waals surface area (Å²) in [6, 6.07) is 6.28. The van der Waals surface area contributed by atoms with Gasteiger partial charge in [0.1, 0.15) is 0 Å². The number of carbonyl (C=O) groups is 2.